The van der Waals surface area contributed by atoms with Crippen molar-refractivity contribution < 1.29 is 23.0 Å². The lowest BCUT2D eigenvalue weighted by molar-refractivity contribution is 0.234. The van der Waals surface area contributed by atoms with Crippen molar-refractivity contribution in [1.82, 2.24) is 4.57 Å². The molecule has 4 rings (SSSR count). The van der Waals surface area contributed by atoms with Crippen LogP contribution in [0, 0.1) is 17.5 Å². The highest BCUT2D eigenvalue weighted by Crippen LogP contribution is 2.37. The number of hydrogen-bond donors (Lipinski definition) is 1. The van der Waals surface area contributed by atoms with Gasteiger partial charge in [0.05, 0.1) is 17.1 Å². The average Bonchev–Trinajstić information content (AvgIpc) is 2.75. The third-order valence-electron chi connectivity index (χ3n) is 4.94. The van der Waals surface area contributed by atoms with E-state index in [1.165, 1.54) is 36.4 Å². The molecule has 3 aromatic carbocycles. The predicted octanol–water partition coefficient (Wildman–Crippen LogP) is 5.49. The lowest BCUT2D eigenvalue weighted by Gasteiger charge is -2.17. The van der Waals surface area contributed by atoms with Crippen LogP contribution in [0.15, 0.2) is 65.5 Å². The predicted molar refractivity (Wildman–Crippen MR) is 117 cm³/mol. The molecular weight excluding hydrogens is 443 g/mol. The minimum absolute atomic E-state index is 0.0879. The summed E-state index contributed by atoms with van der Waals surface area (Å²) in [7, 11) is 0. The molecule has 0 saturated heterocycles. The van der Waals surface area contributed by atoms with Crippen LogP contribution >= 0.6 is 11.6 Å². The van der Waals surface area contributed by atoms with E-state index < -0.39 is 28.7 Å². The first-order chi connectivity index (χ1) is 15.4. The number of aliphatic hydroxyl groups is 1. The molecule has 0 radical (unpaired) electrons. The summed E-state index contributed by atoms with van der Waals surface area (Å²) in [6.07, 6.45) is 0.355. The fourth-order valence-electron chi connectivity index (χ4n) is 3.52. The van der Waals surface area contributed by atoms with Gasteiger partial charge in [-0.2, -0.15) is 0 Å². The molecule has 0 bridgehead atoms. The zero-order valence-corrected chi connectivity index (χ0v) is 17.4. The molecule has 0 amide bonds. The molecule has 0 fully saturated rings. The SMILES string of the molecule is O=c1ccc2c(-c3ccc(F)cc3Cl)cc(OCCCO)cc2n1-c1c(F)cccc1F. The van der Waals surface area contributed by atoms with Gasteiger partial charge in [-0.1, -0.05) is 17.7 Å². The first-order valence-corrected chi connectivity index (χ1v) is 10.1. The van der Waals surface area contributed by atoms with E-state index >= 15 is 0 Å². The van der Waals surface area contributed by atoms with E-state index in [1.807, 2.05) is 0 Å². The smallest absolute Gasteiger partial charge is 0.255 e. The number of nitrogens with zero attached hydrogens (tertiary/aromatic N) is 1. The zero-order chi connectivity index (χ0) is 22.8. The summed E-state index contributed by atoms with van der Waals surface area (Å²) >= 11 is 6.28. The number of halogens is 4. The minimum atomic E-state index is -0.910. The van der Waals surface area contributed by atoms with Gasteiger partial charge < -0.3 is 9.84 Å². The maximum atomic E-state index is 14.6. The summed E-state index contributed by atoms with van der Waals surface area (Å²) in [5.41, 5.74) is -0.0582. The maximum Gasteiger partial charge on any atom is 0.255 e. The van der Waals surface area contributed by atoms with Crippen molar-refractivity contribution in [3.63, 3.8) is 0 Å². The lowest BCUT2D eigenvalue weighted by Crippen LogP contribution is -2.20. The Labute approximate surface area is 186 Å². The Kier molecular flexibility index (Phi) is 6.21. The Hall–Kier alpha value is -3.29. The van der Waals surface area contributed by atoms with Gasteiger partial charge in [0, 0.05) is 36.1 Å². The zero-order valence-electron chi connectivity index (χ0n) is 16.6. The van der Waals surface area contributed by atoms with Crippen LogP contribution in [0.1, 0.15) is 6.42 Å². The Bertz CT molecular complexity index is 1350. The van der Waals surface area contributed by atoms with E-state index in [1.54, 1.807) is 6.07 Å². The van der Waals surface area contributed by atoms with Gasteiger partial charge in [-0.05, 0) is 48.0 Å². The van der Waals surface area contributed by atoms with Crippen molar-refractivity contribution in [2.75, 3.05) is 13.2 Å². The topological polar surface area (TPSA) is 51.5 Å². The molecule has 1 heterocycles. The van der Waals surface area contributed by atoms with Gasteiger partial charge in [-0.15, -0.1) is 0 Å². The second-order valence-corrected chi connectivity index (χ2v) is 7.44. The van der Waals surface area contributed by atoms with Crippen LogP contribution in [0.2, 0.25) is 5.02 Å². The van der Waals surface area contributed by atoms with E-state index in [0.717, 1.165) is 22.8 Å². The van der Waals surface area contributed by atoms with Crippen LogP contribution in [-0.2, 0) is 0 Å². The monoisotopic (exact) mass is 459 g/mol. The summed E-state index contributed by atoms with van der Waals surface area (Å²) in [5.74, 6) is -2.05. The number of rotatable bonds is 6. The highest BCUT2D eigenvalue weighted by molar-refractivity contribution is 6.33. The summed E-state index contributed by atoms with van der Waals surface area (Å²) in [6.45, 7) is 0.0824. The first kappa shape index (κ1) is 21.9. The molecule has 1 N–H and O–H groups in total. The summed E-state index contributed by atoms with van der Waals surface area (Å²) in [5, 5.41) is 9.61. The first-order valence-electron chi connectivity index (χ1n) is 9.74. The highest BCUT2D eigenvalue weighted by atomic mass is 35.5. The molecule has 0 atom stereocenters. The number of benzene rings is 3. The Balaban J connectivity index is 2.07. The fraction of sp³-hybridized carbons (Fsp3) is 0.125. The number of aliphatic hydroxyl groups excluding tert-OH is 1. The molecule has 0 saturated carbocycles. The molecule has 0 spiro atoms. The number of ether oxygens (including phenoxy) is 1. The number of pyridine rings is 1. The van der Waals surface area contributed by atoms with E-state index in [-0.39, 0.29) is 29.5 Å². The van der Waals surface area contributed by atoms with Crippen LogP contribution < -0.4 is 10.3 Å². The van der Waals surface area contributed by atoms with Gasteiger partial charge in [0.2, 0.25) is 0 Å². The van der Waals surface area contributed by atoms with Crippen LogP contribution in [0.25, 0.3) is 27.7 Å². The molecule has 4 nitrogen and oxygen atoms in total. The summed E-state index contributed by atoms with van der Waals surface area (Å²) in [4.78, 5) is 12.7. The molecule has 4 aromatic rings. The van der Waals surface area contributed by atoms with Crippen LogP contribution in [0.5, 0.6) is 5.75 Å². The summed E-state index contributed by atoms with van der Waals surface area (Å²) < 4.78 is 49.5. The largest absolute Gasteiger partial charge is 0.493 e. The molecule has 164 valence electrons. The standard InChI is InChI=1S/C24H17ClF3NO3/c25-19-11-14(26)5-6-16(19)18-12-15(32-10-2-9-30)13-22-17(18)7-8-23(31)29(22)24-20(27)3-1-4-21(24)28/h1,3-8,11-13,30H,2,9-10H2. The maximum absolute atomic E-state index is 14.6. The second kappa shape index (κ2) is 9.06. The Morgan fingerprint density at radius 3 is 2.38 bits per heavy atom. The third-order valence-corrected chi connectivity index (χ3v) is 5.25. The average molecular weight is 460 g/mol. The molecule has 0 unspecified atom stereocenters. The van der Waals surface area contributed by atoms with E-state index in [4.69, 9.17) is 21.4 Å². The van der Waals surface area contributed by atoms with Crippen molar-refractivity contribution in [2.45, 2.75) is 6.42 Å². The second-order valence-electron chi connectivity index (χ2n) is 7.03. The van der Waals surface area contributed by atoms with Crippen molar-refractivity contribution in [2.24, 2.45) is 0 Å². The Morgan fingerprint density at radius 1 is 0.938 bits per heavy atom. The molecule has 0 aliphatic heterocycles. The van der Waals surface area contributed by atoms with Crippen LogP contribution in [0.4, 0.5) is 13.2 Å². The highest BCUT2D eigenvalue weighted by Gasteiger charge is 2.19. The van der Waals surface area contributed by atoms with E-state index in [2.05, 4.69) is 0 Å². The van der Waals surface area contributed by atoms with Gasteiger partial charge in [0.1, 0.15) is 28.9 Å². The Morgan fingerprint density at radius 2 is 1.69 bits per heavy atom. The third kappa shape index (κ3) is 4.09. The van der Waals surface area contributed by atoms with E-state index in [0.29, 0.717) is 22.9 Å². The number of para-hydroxylation sites is 1. The fourth-order valence-corrected chi connectivity index (χ4v) is 3.79. The molecule has 8 heteroatoms. The van der Waals surface area contributed by atoms with Crippen LogP contribution in [0.3, 0.4) is 0 Å². The molecule has 1 aromatic heterocycles. The van der Waals surface area contributed by atoms with Crippen molar-refractivity contribution in [1.29, 1.82) is 0 Å². The van der Waals surface area contributed by atoms with Gasteiger partial charge >= 0.3 is 0 Å². The van der Waals surface area contributed by atoms with Crippen molar-refractivity contribution in [3.8, 4) is 22.6 Å². The lowest BCUT2D eigenvalue weighted by atomic mass is 9.99. The number of aromatic nitrogens is 1. The molecule has 0 aliphatic rings. The van der Waals surface area contributed by atoms with Gasteiger partial charge in [0.25, 0.3) is 5.56 Å². The van der Waals surface area contributed by atoms with Crippen molar-refractivity contribution in [3.05, 3.63) is 93.5 Å². The molecule has 32 heavy (non-hydrogen) atoms. The molecular formula is C24H17ClF3NO3. The normalized spacial score (nSPS) is 11.2. The number of hydrogen-bond acceptors (Lipinski definition) is 3. The van der Waals surface area contributed by atoms with Gasteiger partial charge in [0.15, 0.2) is 0 Å². The molecule has 0 aliphatic carbocycles. The van der Waals surface area contributed by atoms with E-state index in [9.17, 15) is 18.0 Å². The quantitative estimate of drug-likeness (QED) is 0.388. The minimum Gasteiger partial charge on any atom is -0.493 e. The van der Waals surface area contributed by atoms with Gasteiger partial charge in [-0.3, -0.25) is 9.36 Å². The van der Waals surface area contributed by atoms with Gasteiger partial charge in [-0.25, -0.2) is 13.2 Å². The van der Waals surface area contributed by atoms with Crippen molar-refractivity contribution >= 4 is 22.5 Å². The number of fused-ring (bicyclic) bond motifs is 1. The summed E-state index contributed by atoms with van der Waals surface area (Å²) in [6, 6.07) is 13.0. The van der Waals surface area contributed by atoms with Crippen LogP contribution in [-0.4, -0.2) is 22.9 Å².